The van der Waals surface area contributed by atoms with Crippen molar-refractivity contribution in [3.05, 3.63) is 29.8 Å². The van der Waals surface area contributed by atoms with E-state index in [-0.39, 0.29) is 11.7 Å². The van der Waals surface area contributed by atoms with Crippen LogP contribution in [0.4, 0.5) is 8.78 Å². The normalized spacial score (nSPS) is 10.7. The van der Waals surface area contributed by atoms with Crippen molar-refractivity contribution in [1.29, 1.82) is 0 Å². The van der Waals surface area contributed by atoms with E-state index in [1.54, 1.807) is 12.1 Å². The topological polar surface area (TPSA) is 38.3 Å². The van der Waals surface area contributed by atoms with E-state index in [0.29, 0.717) is 12.8 Å². The number of carbonyl (C=O) groups excluding carboxylic acids is 1. The molecule has 0 bridgehead atoms. The molecule has 0 spiro atoms. The molecular weight excluding hydrogens is 276 g/mol. The Morgan fingerprint density at radius 2 is 1.90 bits per heavy atom. The second kappa shape index (κ2) is 10.1. The van der Waals surface area contributed by atoms with Crippen LogP contribution in [0.2, 0.25) is 0 Å². The van der Waals surface area contributed by atoms with Gasteiger partial charge >= 0.3 is 6.61 Å². The van der Waals surface area contributed by atoms with Crippen LogP contribution >= 0.6 is 0 Å². The van der Waals surface area contributed by atoms with E-state index >= 15 is 0 Å². The quantitative estimate of drug-likeness (QED) is 0.665. The van der Waals surface area contributed by atoms with Crippen LogP contribution in [0, 0.1) is 0 Å². The van der Waals surface area contributed by atoms with Gasteiger partial charge in [-0.3, -0.25) is 4.79 Å². The summed E-state index contributed by atoms with van der Waals surface area (Å²) in [5, 5.41) is 2.89. The first kappa shape index (κ1) is 17.4. The van der Waals surface area contributed by atoms with Gasteiger partial charge in [-0.15, -0.1) is 0 Å². The number of benzene rings is 1. The molecule has 21 heavy (non-hydrogen) atoms. The smallest absolute Gasteiger partial charge is 0.387 e. The molecule has 1 aromatic rings. The van der Waals surface area contributed by atoms with Crippen molar-refractivity contribution in [2.45, 2.75) is 52.1 Å². The second-order valence-electron chi connectivity index (χ2n) is 4.93. The van der Waals surface area contributed by atoms with Crippen molar-refractivity contribution in [1.82, 2.24) is 5.32 Å². The van der Waals surface area contributed by atoms with Crippen molar-refractivity contribution in [3.8, 4) is 5.75 Å². The van der Waals surface area contributed by atoms with Gasteiger partial charge < -0.3 is 10.1 Å². The monoisotopic (exact) mass is 299 g/mol. The molecule has 0 saturated heterocycles. The van der Waals surface area contributed by atoms with Crippen LogP contribution < -0.4 is 10.1 Å². The number of halogens is 2. The Bertz CT molecular complexity index is 407. The molecule has 0 saturated carbocycles. The number of alkyl halides is 2. The summed E-state index contributed by atoms with van der Waals surface area (Å²) in [6.45, 7) is 0.0604. The number of rotatable bonds is 10. The summed E-state index contributed by atoms with van der Waals surface area (Å²) in [7, 11) is 0. The fourth-order valence-electron chi connectivity index (χ4n) is 1.96. The molecule has 3 nitrogen and oxygen atoms in total. The first-order valence-electron chi connectivity index (χ1n) is 7.42. The Balaban J connectivity index is 2.20. The van der Waals surface area contributed by atoms with Gasteiger partial charge in [0.25, 0.3) is 0 Å². The fraction of sp³-hybridized carbons (Fsp3) is 0.562. The summed E-state index contributed by atoms with van der Waals surface area (Å²) in [6.07, 6.45) is 5.53. The summed E-state index contributed by atoms with van der Waals surface area (Å²) in [4.78, 5) is 11.6. The standard InChI is InChI=1S/C16H23F2NO2/c1-2-3-4-5-12-19-15(20)11-8-13-6-9-14(10-7-13)21-16(17)18/h6-7,9-10,16H,2-5,8,11-12H2,1H3,(H,19,20). The molecule has 1 N–H and O–H groups in total. The predicted octanol–water partition coefficient (Wildman–Crippen LogP) is 3.92. The molecule has 0 heterocycles. The van der Waals surface area contributed by atoms with Gasteiger partial charge in [0.15, 0.2) is 0 Å². The average molecular weight is 299 g/mol. The molecule has 0 radical (unpaired) electrons. The Labute approximate surface area is 124 Å². The molecule has 0 aromatic heterocycles. The third-order valence-electron chi connectivity index (χ3n) is 3.14. The Kier molecular flexibility index (Phi) is 8.40. The number of carbonyl (C=O) groups is 1. The highest BCUT2D eigenvalue weighted by Gasteiger charge is 2.05. The Morgan fingerprint density at radius 3 is 2.52 bits per heavy atom. The lowest BCUT2D eigenvalue weighted by molar-refractivity contribution is -0.121. The van der Waals surface area contributed by atoms with Crippen molar-refractivity contribution in [2.24, 2.45) is 0 Å². The maximum Gasteiger partial charge on any atom is 0.387 e. The maximum absolute atomic E-state index is 12.0. The number of nitrogens with one attached hydrogen (secondary N) is 1. The molecule has 5 heteroatoms. The molecule has 1 aromatic carbocycles. The second-order valence-corrected chi connectivity index (χ2v) is 4.93. The molecule has 1 rings (SSSR count). The van der Waals surface area contributed by atoms with Crippen molar-refractivity contribution in [2.75, 3.05) is 6.54 Å². The summed E-state index contributed by atoms with van der Waals surface area (Å²) in [5.74, 6) is 0.161. The van der Waals surface area contributed by atoms with Crippen LogP contribution in [0.25, 0.3) is 0 Å². The van der Waals surface area contributed by atoms with Gasteiger partial charge in [0, 0.05) is 13.0 Å². The Hall–Kier alpha value is -1.65. The van der Waals surface area contributed by atoms with Gasteiger partial charge in [0.2, 0.25) is 5.91 Å². The van der Waals surface area contributed by atoms with Crippen LogP contribution in [0.3, 0.4) is 0 Å². The van der Waals surface area contributed by atoms with Gasteiger partial charge in [-0.05, 0) is 30.5 Å². The molecule has 0 aliphatic carbocycles. The van der Waals surface area contributed by atoms with E-state index in [1.807, 2.05) is 0 Å². The van der Waals surface area contributed by atoms with Crippen molar-refractivity contribution < 1.29 is 18.3 Å². The van der Waals surface area contributed by atoms with Gasteiger partial charge in [0.05, 0.1) is 0 Å². The summed E-state index contributed by atoms with van der Waals surface area (Å²) < 4.78 is 28.3. The number of ether oxygens (including phenoxy) is 1. The minimum Gasteiger partial charge on any atom is -0.435 e. The highest BCUT2D eigenvalue weighted by molar-refractivity contribution is 5.76. The van der Waals surface area contributed by atoms with Gasteiger partial charge in [-0.1, -0.05) is 38.3 Å². The SMILES string of the molecule is CCCCCCNC(=O)CCc1ccc(OC(F)F)cc1. The number of hydrogen-bond donors (Lipinski definition) is 1. The molecule has 0 atom stereocenters. The zero-order valence-corrected chi connectivity index (χ0v) is 12.4. The maximum atomic E-state index is 12.0. The molecule has 0 unspecified atom stereocenters. The van der Waals surface area contributed by atoms with Crippen LogP contribution in [0.15, 0.2) is 24.3 Å². The van der Waals surface area contributed by atoms with E-state index in [1.165, 1.54) is 25.0 Å². The van der Waals surface area contributed by atoms with Gasteiger partial charge in [-0.25, -0.2) is 0 Å². The molecule has 118 valence electrons. The molecular formula is C16H23F2NO2. The molecule has 1 amide bonds. The first-order valence-corrected chi connectivity index (χ1v) is 7.42. The third kappa shape index (κ3) is 8.27. The van der Waals surface area contributed by atoms with Gasteiger partial charge in [-0.2, -0.15) is 8.78 Å². The highest BCUT2D eigenvalue weighted by atomic mass is 19.3. The molecule has 0 fully saturated rings. The fourth-order valence-corrected chi connectivity index (χ4v) is 1.96. The van der Waals surface area contributed by atoms with E-state index < -0.39 is 6.61 Å². The lowest BCUT2D eigenvalue weighted by Crippen LogP contribution is -2.24. The average Bonchev–Trinajstić information content (AvgIpc) is 2.46. The lowest BCUT2D eigenvalue weighted by Gasteiger charge is -2.07. The third-order valence-corrected chi connectivity index (χ3v) is 3.14. The molecule has 0 aliphatic heterocycles. The summed E-state index contributed by atoms with van der Waals surface area (Å²) >= 11 is 0. The lowest BCUT2D eigenvalue weighted by atomic mass is 10.1. The van der Waals surface area contributed by atoms with Crippen LogP contribution in [0.5, 0.6) is 5.75 Å². The summed E-state index contributed by atoms with van der Waals surface area (Å²) in [5.41, 5.74) is 0.928. The number of amides is 1. The van der Waals surface area contributed by atoms with E-state index in [9.17, 15) is 13.6 Å². The van der Waals surface area contributed by atoms with Crippen molar-refractivity contribution in [3.63, 3.8) is 0 Å². The van der Waals surface area contributed by atoms with Crippen LogP contribution in [0.1, 0.15) is 44.6 Å². The largest absolute Gasteiger partial charge is 0.435 e. The minimum atomic E-state index is -2.81. The van der Waals surface area contributed by atoms with Crippen LogP contribution in [-0.4, -0.2) is 19.1 Å². The van der Waals surface area contributed by atoms with E-state index in [0.717, 1.165) is 24.9 Å². The minimum absolute atomic E-state index is 0.0272. The van der Waals surface area contributed by atoms with Gasteiger partial charge in [0.1, 0.15) is 5.75 Å². The number of unbranched alkanes of at least 4 members (excludes halogenated alkanes) is 3. The molecule has 0 aliphatic rings. The van der Waals surface area contributed by atoms with E-state index in [2.05, 4.69) is 17.0 Å². The van der Waals surface area contributed by atoms with Crippen molar-refractivity contribution >= 4 is 5.91 Å². The number of hydrogen-bond acceptors (Lipinski definition) is 2. The predicted molar refractivity (Wildman–Crippen MR) is 78.5 cm³/mol. The summed E-state index contributed by atoms with van der Waals surface area (Å²) in [6, 6.07) is 6.38. The number of aryl methyl sites for hydroxylation is 1. The first-order chi connectivity index (χ1) is 10.1. The zero-order valence-electron chi connectivity index (χ0n) is 12.4. The van der Waals surface area contributed by atoms with E-state index in [4.69, 9.17) is 0 Å². The van der Waals surface area contributed by atoms with Crippen LogP contribution in [-0.2, 0) is 11.2 Å². The highest BCUT2D eigenvalue weighted by Crippen LogP contribution is 2.15. The zero-order chi connectivity index (χ0) is 15.5. The Morgan fingerprint density at radius 1 is 1.19 bits per heavy atom.